The van der Waals surface area contributed by atoms with Crippen molar-refractivity contribution in [3.63, 3.8) is 0 Å². The van der Waals surface area contributed by atoms with Crippen LogP contribution in [0.5, 0.6) is 0 Å². The van der Waals surface area contributed by atoms with Crippen molar-refractivity contribution in [3.8, 4) is 0 Å². The molecule has 0 radical (unpaired) electrons. The highest BCUT2D eigenvalue weighted by Gasteiger charge is 2.07. The van der Waals surface area contributed by atoms with Gasteiger partial charge in [-0.1, -0.05) is 0 Å². The summed E-state index contributed by atoms with van der Waals surface area (Å²) in [6.07, 6.45) is 0.0453. The van der Waals surface area contributed by atoms with E-state index in [0.29, 0.717) is 6.54 Å². The van der Waals surface area contributed by atoms with Crippen LogP contribution >= 0.6 is 0 Å². The summed E-state index contributed by atoms with van der Waals surface area (Å²) in [5.41, 5.74) is 0. The van der Waals surface area contributed by atoms with Crippen molar-refractivity contribution in [1.82, 2.24) is 10.6 Å². The lowest BCUT2D eigenvalue weighted by molar-refractivity contribution is -0.895. The Morgan fingerprint density at radius 1 is 1.00 bits per heavy atom. The Balaban J connectivity index is 3.64. The molecule has 0 aromatic heterocycles. The zero-order chi connectivity index (χ0) is 14.7. The minimum absolute atomic E-state index is 0.0166. The SMILES string of the molecule is CC[NH+](CC)CCNC(=O)CCC(=O)NCC(=O)[O-]. The molecule has 0 aromatic carbocycles. The lowest BCUT2D eigenvalue weighted by Gasteiger charge is -2.15. The van der Waals surface area contributed by atoms with Gasteiger partial charge in [0.2, 0.25) is 11.8 Å². The quantitative estimate of drug-likeness (QED) is 0.387. The van der Waals surface area contributed by atoms with Crippen LogP contribution in [0, 0.1) is 0 Å². The van der Waals surface area contributed by atoms with Crippen molar-refractivity contribution in [2.45, 2.75) is 26.7 Å². The van der Waals surface area contributed by atoms with Gasteiger partial charge >= 0.3 is 0 Å². The molecule has 0 aromatic rings. The van der Waals surface area contributed by atoms with Gasteiger partial charge in [-0.2, -0.15) is 0 Å². The molecular formula is C12H23N3O4. The van der Waals surface area contributed by atoms with E-state index in [1.807, 2.05) is 0 Å². The Hall–Kier alpha value is -1.63. The third-order valence-electron chi connectivity index (χ3n) is 2.81. The minimum Gasteiger partial charge on any atom is -0.548 e. The third-order valence-corrected chi connectivity index (χ3v) is 2.81. The zero-order valence-electron chi connectivity index (χ0n) is 11.6. The fourth-order valence-corrected chi connectivity index (χ4v) is 1.56. The summed E-state index contributed by atoms with van der Waals surface area (Å²) >= 11 is 0. The Bertz CT molecular complexity index is 303. The van der Waals surface area contributed by atoms with Crippen LogP contribution in [0.15, 0.2) is 0 Å². The molecule has 0 aliphatic heterocycles. The first kappa shape index (κ1) is 17.4. The number of quaternary nitrogens is 1. The highest BCUT2D eigenvalue weighted by atomic mass is 16.4. The van der Waals surface area contributed by atoms with Crippen LogP contribution in [0.4, 0.5) is 0 Å². The van der Waals surface area contributed by atoms with E-state index in [4.69, 9.17) is 0 Å². The van der Waals surface area contributed by atoms with E-state index in [0.717, 1.165) is 19.6 Å². The van der Waals surface area contributed by atoms with Crippen molar-refractivity contribution in [2.75, 3.05) is 32.7 Å². The fraction of sp³-hybridized carbons (Fsp3) is 0.750. The average molecular weight is 273 g/mol. The number of carbonyl (C=O) groups is 3. The second-order valence-electron chi connectivity index (χ2n) is 4.21. The molecule has 0 spiro atoms. The van der Waals surface area contributed by atoms with Crippen molar-refractivity contribution < 1.29 is 24.4 Å². The number of rotatable bonds is 10. The first-order chi connectivity index (χ1) is 8.99. The van der Waals surface area contributed by atoms with Crippen LogP contribution in [-0.2, 0) is 14.4 Å². The monoisotopic (exact) mass is 273 g/mol. The van der Waals surface area contributed by atoms with Gasteiger partial charge in [-0.15, -0.1) is 0 Å². The minimum atomic E-state index is -1.35. The molecule has 0 saturated heterocycles. The molecule has 0 bridgehead atoms. The van der Waals surface area contributed by atoms with Gasteiger partial charge in [0.15, 0.2) is 0 Å². The Kier molecular flexibility index (Phi) is 9.42. The molecular weight excluding hydrogens is 250 g/mol. The Morgan fingerprint density at radius 2 is 1.53 bits per heavy atom. The van der Waals surface area contributed by atoms with E-state index in [1.165, 1.54) is 4.90 Å². The molecule has 0 unspecified atom stereocenters. The fourth-order valence-electron chi connectivity index (χ4n) is 1.56. The standard InChI is InChI=1S/C12H23N3O4/c1-3-15(4-2)8-7-13-10(16)5-6-11(17)14-9-12(18)19/h3-9H2,1-2H3,(H,13,16)(H,14,17)(H,18,19). The predicted octanol–water partition coefficient (Wildman–Crippen LogP) is -3.33. The van der Waals surface area contributed by atoms with Gasteiger partial charge in [-0.25, -0.2) is 0 Å². The van der Waals surface area contributed by atoms with E-state index < -0.39 is 18.4 Å². The molecule has 2 amide bonds. The van der Waals surface area contributed by atoms with Crippen LogP contribution in [-0.4, -0.2) is 50.5 Å². The van der Waals surface area contributed by atoms with Crippen LogP contribution in [0.3, 0.4) is 0 Å². The average Bonchev–Trinajstić information content (AvgIpc) is 2.39. The van der Waals surface area contributed by atoms with Gasteiger partial charge < -0.3 is 25.4 Å². The summed E-state index contributed by atoms with van der Waals surface area (Å²) in [5.74, 6) is -2.01. The molecule has 3 N–H and O–H groups in total. The number of hydrogen-bond acceptors (Lipinski definition) is 4. The molecule has 0 heterocycles. The van der Waals surface area contributed by atoms with E-state index in [2.05, 4.69) is 24.5 Å². The molecule has 0 rings (SSSR count). The predicted molar refractivity (Wildman–Crippen MR) is 67.2 cm³/mol. The summed E-state index contributed by atoms with van der Waals surface area (Å²) in [7, 11) is 0. The van der Waals surface area contributed by atoms with Gasteiger partial charge in [0.1, 0.15) is 0 Å². The summed E-state index contributed by atoms with van der Waals surface area (Å²) < 4.78 is 0. The van der Waals surface area contributed by atoms with Crippen LogP contribution in [0.25, 0.3) is 0 Å². The molecule has 110 valence electrons. The molecule has 7 nitrogen and oxygen atoms in total. The first-order valence-electron chi connectivity index (χ1n) is 6.56. The molecule has 0 atom stereocenters. The smallest absolute Gasteiger partial charge is 0.220 e. The van der Waals surface area contributed by atoms with Gasteiger partial charge in [0.25, 0.3) is 0 Å². The first-order valence-corrected chi connectivity index (χ1v) is 6.56. The van der Waals surface area contributed by atoms with Crippen molar-refractivity contribution in [1.29, 1.82) is 0 Å². The van der Waals surface area contributed by atoms with Gasteiger partial charge in [-0.3, -0.25) is 9.59 Å². The lowest BCUT2D eigenvalue weighted by Crippen LogP contribution is -3.12. The highest BCUT2D eigenvalue weighted by molar-refractivity contribution is 5.85. The van der Waals surface area contributed by atoms with Crippen molar-refractivity contribution in [3.05, 3.63) is 0 Å². The summed E-state index contributed by atoms with van der Waals surface area (Å²) in [5, 5.41) is 15.0. The number of carboxylic acids is 1. The van der Waals surface area contributed by atoms with Crippen LogP contribution in [0.2, 0.25) is 0 Å². The topological polar surface area (TPSA) is 103 Å². The summed E-state index contributed by atoms with van der Waals surface area (Å²) in [6.45, 7) is 7.11. The van der Waals surface area contributed by atoms with Crippen molar-refractivity contribution >= 4 is 17.8 Å². The number of amides is 2. The van der Waals surface area contributed by atoms with Crippen LogP contribution in [0.1, 0.15) is 26.7 Å². The van der Waals surface area contributed by atoms with Gasteiger partial charge in [-0.05, 0) is 13.8 Å². The highest BCUT2D eigenvalue weighted by Crippen LogP contribution is 1.88. The molecule has 19 heavy (non-hydrogen) atoms. The number of hydrogen-bond donors (Lipinski definition) is 3. The second-order valence-corrected chi connectivity index (χ2v) is 4.21. The van der Waals surface area contributed by atoms with Gasteiger partial charge in [0, 0.05) is 12.8 Å². The largest absolute Gasteiger partial charge is 0.548 e. The van der Waals surface area contributed by atoms with Crippen LogP contribution < -0.4 is 20.6 Å². The van der Waals surface area contributed by atoms with E-state index in [9.17, 15) is 19.5 Å². The maximum atomic E-state index is 11.4. The van der Waals surface area contributed by atoms with E-state index in [1.54, 1.807) is 0 Å². The molecule has 0 aliphatic rings. The summed E-state index contributed by atoms with van der Waals surface area (Å²) in [4.78, 5) is 34.0. The molecule has 7 heteroatoms. The Labute approximate surface area is 113 Å². The lowest BCUT2D eigenvalue weighted by atomic mass is 10.3. The Morgan fingerprint density at radius 3 is 2.00 bits per heavy atom. The number of likely N-dealkylation sites (N-methyl/N-ethyl adjacent to an activating group) is 1. The molecule has 0 fully saturated rings. The molecule has 0 aliphatic carbocycles. The van der Waals surface area contributed by atoms with Gasteiger partial charge in [0.05, 0.1) is 38.7 Å². The second kappa shape index (κ2) is 10.3. The van der Waals surface area contributed by atoms with E-state index in [-0.39, 0.29) is 18.7 Å². The number of carbonyl (C=O) groups excluding carboxylic acids is 3. The van der Waals surface area contributed by atoms with Crippen molar-refractivity contribution in [2.24, 2.45) is 0 Å². The maximum absolute atomic E-state index is 11.4. The normalized spacial score (nSPS) is 10.3. The van der Waals surface area contributed by atoms with E-state index >= 15 is 0 Å². The number of aliphatic carboxylic acids is 1. The maximum Gasteiger partial charge on any atom is 0.220 e. The number of nitrogens with one attached hydrogen (secondary N) is 3. The number of carboxylic acid groups (broad SMARTS) is 1. The summed E-state index contributed by atoms with van der Waals surface area (Å²) in [6, 6.07) is 0. The molecule has 0 saturated carbocycles. The zero-order valence-corrected chi connectivity index (χ0v) is 11.6. The third kappa shape index (κ3) is 10.0.